The van der Waals surface area contributed by atoms with Gasteiger partial charge in [-0.1, -0.05) is 41.9 Å². The molecule has 0 aromatic heterocycles. The summed E-state index contributed by atoms with van der Waals surface area (Å²) >= 11 is 12.7. The molecular formula is C15H11Cl2NO. The van der Waals surface area contributed by atoms with E-state index in [4.69, 9.17) is 23.2 Å². The number of carbonyl (C=O) groups excluding carboxylic acids is 1. The normalized spacial score (nSPS) is 14.9. The maximum absolute atomic E-state index is 11.4. The van der Waals surface area contributed by atoms with Crippen LogP contribution in [0.1, 0.15) is 22.1 Å². The van der Waals surface area contributed by atoms with E-state index in [0.29, 0.717) is 11.4 Å². The van der Waals surface area contributed by atoms with Gasteiger partial charge in [0.05, 0.1) is 11.8 Å². The highest BCUT2D eigenvalue weighted by molar-refractivity contribution is 6.33. The van der Waals surface area contributed by atoms with Crippen molar-refractivity contribution in [2.75, 3.05) is 5.32 Å². The first-order chi connectivity index (χ1) is 9.15. The van der Waals surface area contributed by atoms with Crippen LogP contribution < -0.4 is 5.32 Å². The molecule has 4 heteroatoms. The lowest BCUT2D eigenvalue weighted by molar-refractivity contribution is -0.115. The summed E-state index contributed by atoms with van der Waals surface area (Å²) in [5.41, 5.74) is 3.56. The molecule has 1 aliphatic rings. The van der Waals surface area contributed by atoms with Gasteiger partial charge in [-0.25, -0.2) is 0 Å². The van der Waals surface area contributed by atoms with E-state index in [1.165, 1.54) is 0 Å². The van der Waals surface area contributed by atoms with E-state index in [0.717, 1.165) is 22.4 Å². The summed E-state index contributed by atoms with van der Waals surface area (Å²) in [6.07, 6.45) is 0.387. The fourth-order valence-corrected chi connectivity index (χ4v) is 2.92. The minimum absolute atomic E-state index is 0.00551. The summed E-state index contributed by atoms with van der Waals surface area (Å²) in [7, 11) is 0. The highest BCUT2D eigenvalue weighted by Gasteiger charge is 2.22. The molecule has 2 nitrogen and oxygen atoms in total. The molecule has 0 bridgehead atoms. The van der Waals surface area contributed by atoms with Crippen LogP contribution in [-0.4, -0.2) is 5.91 Å². The van der Waals surface area contributed by atoms with E-state index < -0.39 is 0 Å². The number of halogens is 2. The van der Waals surface area contributed by atoms with Gasteiger partial charge in [-0.15, -0.1) is 11.6 Å². The molecule has 96 valence electrons. The highest BCUT2D eigenvalue weighted by atomic mass is 35.5. The van der Waals surface area contributed by atoms with Gasteiger partial charge >= 0.3 is 0 Å². The molecule has 3 rings (SSSR count). The van der Waals surface area contributed by atoms with Crippen molar-refractivity contribution in [2.24, 2.45) is 0 Å². The van der Waals surface area contributed by atoms with Crippen LogP contribution in [-0.2, 0) is 11.2 Å². The first-order valence-corrected chi connectivity index (χ1v) is 6.78. The van der Waals surface area contributed by atoms with Crippen molar-refractivity contribution in [1.82, 2.24) is 0 Å². The Morgan fingerprint density at radius 2 is 1.89 bits per heavy atom. The highest BCUT2D eigenvalue weighted by Crippen LogP contribution is 2.38. The van der Waals surface area contributed by atoms with Crippen molar-refractivity contribution in [3.05, 3.63) is 64.2 Å². The predicted octanol–water partition coefficient (Wildman–Crippen LogP) is 4.16. The monoisotopic (exact) mass is 291 g/mol. The number of benzene rings is 2. The average molecular weight is 292 g/mol. The van der Waals surface area contributed by atoms with Crippen LogP contribution in [0.25, 0.3) is 0 Å². The molecule has 1 aliphatic heterocycles. The summed E-state index contributed by atoms with van der Waals surface area (Å²) in [6, 6.07) is 13.4. The summed E-state index contributed by atoms with van der Waals surface area (Å²) in [5.74, 6) is -0.00551. The number of anilines is 1. The van der Waals surface area contributed by atoms with Crippen LogP contribution in [0.4, 0.5) is 5.69 Å². The molecule has 1 heterocycles. The van der Waals surface area contributed by atoms with E-state index in [1.807, 2.05) is 36.4 Å². The SMILES string of the molecule is O=C1Cc2cc(C(Cl)c3ccccc3)c(Cl)cc2N1. The Bertz CT molecular complexity index is 640. The predicted molar refractivity (Wildman–Crippen MR) is 77.9 cm³/mol. The summed E-state index contributed by atoms with van der Waals surface area (Å²) in [6.45, 7) is 0. The summed E-state index contributed by atoms with van der Waals surface area (Å²) < 4.78 is 0. The lowest BCUT2D eigenvalue weighted by Gasteiger charge is -2.13. The van der Waals surface area contributed by atoms with Crippen molar-refractivity contribution in [3.8, 4) is 0 Å². The summed E-state index contributed by atoms with van der Waals surface area (Å²) in [4.78, 5) is 11.4. The third-order valence-electron chi connectivity index (χ3n) is 3.21. The van der Waals surface area contributed by atoms with E-state index in [9.17, 15) is 4.79 Å². The number of hydrogen-bond acceptors (Lipinski definition) is 1. The molecule has 0 radical (unpaired) electrons. The van der Waals surface area contributed by atoms with Crippen LogP contribution in [0, 0.1) is 0 Å². The topological polar surface area (TPSA) is 29.1 Å². The summed E-state index contributed by atoms with van der Waals surface area (Å²) in [5, 5.41) is 3.04. The number of rotatable bonds is 2. The third kappa shape index (κ3) is 2.34. The number of fused-ring (bicyclic) bond motifs is 1. The molecule has 0 aliphatic carbocycles. The van der Waals surface area contributed by atoms with E-state index in [-0.39, 0.29) is 11.3 Å². The van der Waals surface area contributed by atoms with Crippen molar-refractivity contribution in [1.29, 1.82) is 0 Å². The van der Waals surface area contributed by atoms with Crippen molar-refractivity contribution in [3.63, 3.8) is 0 Å². The third-order valence-corrected chi connectivity index (χ3v) is 4.03. The number of alkyl halides is 1. The largest absolute Gasteiger partial charge is 0.325 e. The quantitative estimate of drug-likeness (QED) is 0.827. The van der Waals surface area contributed by atoms with Crippen molar-refractivity contribution >= 4 is 34.8 Å². The van der Waals surface area contributed by atoms with Crippen molar-refractivity contribution < 1.29 is 4.79 Å². The second-order valence-corrected chi connectivity index (χ2v) is 5.37. The van der Waals surface area contributed by atoms with Gasteiger partial charge in [0.1, 0.15) is 0 Å². The molecule has 0 fully saturated rings. The molecule has 19 heavy (non-hydrogen) atoms. The Morgan fingerprint density at radius 1 is 1.16 bits per heavy atom. The van der Waals surface area contributed by atoms with Gasteiger partial charge in [-0.2, -0.15) is 0 Å². The minimum atomic E-state index is -0.310. The van der Waals surface area contributed by atoms with Gasteiger partial charge in [0.25, 0.3) is 0 Å². The number of amides is 1. The standard InChI is InChI=1S/C15H11Cl2NO/c16-12-8-13-10(7-14(19)18-13)6-11(12)15(17)9-4-2-1-3-5-9/h1-6,8,15H,7H2,(H,18,19). The average Bonchev–Trinajstić information content (AvgIpc) is 2.77. The molecule has 2 aromatic carbocycles. The zero-order chi connectivity index (χ0) is 13.4. The molecule has 2 aromatic rings. The zero-order valence-electron chi connectivity index (χ0n) is 9.99. The van der Waals surface area contributed by atoms with Crippen LogP contribution in [0.5, 0.6) is 0 Å². The van der Waals surface area contributed by atoms with E-state index in [2.05, 4.69) is 5.32 Å². The molecule has 1 unspecified atom stereocenters. The van der Waals surface area contributed by atoms with Gasteiger partial charge in [0.15, 0.2) is 0 Å². The Morgan fingerprint density at radius 3 is 2.63 bits per heavy atom. The van der Waals surface area contributed by atoms with Crippen LogP contribution in [0.3, 0.4) is 0 Å². The minimum Gasteiger partial charge on any atom is -0.325 e. The molecule has 0 saturated carbocycles. The van der Waals surface area contributed by atoms with Gasteiger partial charge in [0.2, 0.25) is 5.91 Å². The second kappa shape index (κ2) is 4.87. The van der Waals surface area contributed by atoms with Gasteiger partial charge < -0.3 is 5.32 Å². The van der Waals surface area contributed by atoms with Crippen LogP contribution in [0.2, 0.25) is 5.02 Å². The molecule has 0 spiro atoms. The first-order valence-electron chi connectivity index (χ1n) is 5.96. The number of hydrogen-bond donors (Lipinski definition) is 1. The van der Waals surface area contributed by atoms with E-state index in [1.54, 1.807) is 6.07 Å². The fourth-order valence-electron chi connectivity index (χ4n) is 2.26. The second-order valence-electron chi connectivity index (χ2n) is 4.53. The molecule has 1 amide bonds. The smallest absolute Gasteiger partial charge is 0.228 e. The molecule has 1 atom stereocenters. The molecule has 0 saturated heterocycles. The lowest BCUT2D eigenvalue weighted by Crippen LogP contribution is -2.03. The first kappa shape index (κ1) is 12.5. The van der Waals surface area contributed by atoms with Gasteiger partial charge in [-0.05, 0) is 28.8 Å². The fraction of sp³-hybridized carbons (Fsp3) is 0.133. The van der Waals surface area contributed by atoms with Gasteiger partial charge in [0, 0.05) is 10.7 Å². The maximum atomic E-state index is 11.4. The Labute approximate surface area is 121 Å². The Balaban J connectivity index is 2.02. The zero-order valence-corrected chi connectivity index (χ0v) is 11.5. The Kier molecular flexibility index (Phi) is 3.21. The lowest BCUT2D eigenvalue weighted by atomic mass is 10.0. The number of nitrogens with one attached hydrogen (secondary N) is 1. The molecule has 1 N–H and O–H groups in total. The van der Waals surface area contributed by atoms with E-state index >= 15 is 0 Å². The Hall–Kier alpha value is -1.51. The van der Waals surface area contributed by atoms with Crippen LogP contribution in [0.15, 0.2) is 42.5 Å². The van der Waals surface area contributed by atoms with Crippen molar-refractivity contribution in [2.45, 2.75) is 11.8 Å². The van der Waals surface area contributed by atoms with Gasteiger partial charge in [-0.3, -0.25) is 4.79 Å². The molecular weight excluding hydrogens is 281 g/mol. The van der Waals surface area contributed by atoms with Crippen LogP contribution >= 0.6 is 23.2 Å². The number of carbonyl (C=O) groups is 1. The maximum Gasteiger partial charge on any atom is 0.228 e.